The number of rotatable bonds is 6. The molecule has 162 valence electrons. The summed E-state index contributed by atoms with van der Waals surface area (Å²) in [6, 6.07) is 9.70. The molecule has 0 saturated carbocycles. The van der Waals surface area contributed by atoms with Crippen LogP contribution in [0.2, 0.25) is 0 Å². The van der Waals surface area contributed by atoms with Crippen molar-refractivity contribution in [2.75, 3.05) is 18.0 Å². The zero-order valence-corrected chi connectivity index (χ0v) is 18.3. The first kappa shape index (κ1) is 21.0. The molecule has 1 saturated heterocycles. The lowest BCUT2D eigenvalue weighted by Gasteiger charge is -2.27. The smallest absolute Gasteiger partial charge is 0.270 e. The lowest BCUT2D eigenvalue weighted by molar-refractivity contribution is 0.0944. The fraction of sp³-hybridized carbons (Fsp3) is 0.435. The molecule has 4 rings (SSSR count). The third-order valence-electron chi connectivity index (χ3n) is 5.50. The number of piperidine rings is 1. The lowest BCUT2D eigenvalue weighted by Crippen LogP contribution is -2.32. The second-order valence-electron chi connectivity index (χ2n) is 8.29. The van der Waals surface area contributed by atoms with E-state index in [2.05, 4.69) is 39.4 Å². The van der Waals surface area contributed by atoms with Crippen LogP contribution < -0.4 is 10.2 Å². The summed E-state index contributed by atoms with van der Waals surface area (Å²) in [5.41, 5.74) is 4.49. The maximum absolute atomic E-state index is 12.9. The molecule has 1 aliphatic rings. The van der Waals surface area contributed by atoms with Crippen molar-refractivity contribution in [2.45, 2.75) is 52.5 Å². The van der Waals surface area contributed by atoms with Crippen LogP contribution in [0.4, 0.5) is 5.95 Å². The molecule has 1 N–H and O–H groups in total. The Balaban J connectivity index is 1.52. The van der Waals surface area contributed by atoms with Crippen LogP contribution >= 0.6 is 0 Å². The first-order valence-electron chi connectivity index (χ1n) is 10.8. The van der Waals surface area contributed by atoms with E-state index >= 15 is 0 Å². The standard InChI is InChI=1S/C23H28N6O2/c1-15(2)18-13-19(26-23(25-18)29-11-5-4-6-12-29)22(30)24-14-20-21(28-31-27-20)17-9-7-16(3)8-10-17/h7-10,13,15H,4-6,11-12,14H2,1-3H3,(H,24,30). The van der Waals surface area contributed by atoms with Gasteiger partial charge in [0, 0.05) is 24.3 Å². The Morgan fingerprint density at radius 3 is 2.55 bits per heavy atom. The fourth-order valence-electron chi connectivity index (χ4n) is 3.61. The van der Waals surface area contributed by atoms with Crippen molar-refractivity contribution in [1.29, 1.82) is 0 Å². The summed E-state index contributed by atoms with van der Waals surface area (Å²) in [7, 11) is 0. The highest BCUT2D eigenvalue weighted by Gasteiger charge is 2.20. The van der Waals surface area contributed by atoms with Gasteiger partial charge in [-0.2, -0.15) is 0 Å². The van der Waals surface area contributed by atoms with Crippen molar-refractivity contribution in [3.8, 4) is 11.3 Å². The molecule has 0 atom stereocenters. The largest absolute Gasteiger partial charge is 0.345 e. The number of carbonyl (C=O) groups is 1. The molecule has 31 heavy (non-hydrogen) atoms. The molecule has 3 aromatic rings. The van der Waals surface area contributed by atoms with E-state index in [1.807, 2.05) is 31.2 Å². The van der Waals surface area contributed by atoms with E-state index in [0.717, 1.165) is 42.8 Å². The maximum Gasteiger partial charge on any atom is 0.270 e. The van der Waals surface area contributed by atoms with Gasteiger partial charge in [-0.05, 0) is 43.3 Å². The highest BCUT2D eigenvalue weighted by atomic mass is 16.6. The molecule has 0 unspecified atom stereocenters. The normalized spacial score (nSPS) is 14.1. The maximum atomic E-state index is 12.9. The Morgan fingerprint density at radius 2 is 1.84 bits per heavy atom. The van der Waals surface area contributed by atoms with Crippen LogP contribution in [0.1, 0.15) is 66.5 Å². The molecule has 1 aromatic carbocycles. The van der Waals surface area contributed by atoms with E-state index in [9.17, 15) is 4.79 Å². The summed E-state index contributed by atoms with van der Waals surface area (Å²) in [6.07, 6.45) is 3.47. The lowest BCUT2D eigenvalue weighted by atomic mass is 10.1. The Kier molecular flexibility index (Phi) is 6.25. The third kappa shape index (κ3) is 4.90. The van der Waals surface area contributed by atoms with E-state index in [0.29, 0.717) is 23.0 Å². The summed E-state index contributed by atoms with van der Waals surface area (Å²) >= 11 is 0. The van der Waals surface area contributed by atoms with Crippen molar-refractivity contribution < 1.29 is 9.42 Å². The van der Waals surface area contributed by atoms with Crippen LogP contribution in [0.5, 0.6) is 0 Å². The Morgan fingerprint density at radius 1 is 1.10 bits per heavy atom. The Hall–Kier alpha value is -3.29. The van der Waals surface area contributed by atoms with Gasteiger partial charge in [0.1, 0.15) is 17.1 Å². The van der Waals surface area contributed by atoms with Gasteiger partial charge < -0.3 is 10.2 Å². The van der Waals surface area contributed by atoms with Crippen LogP contribution in [-0.4, -0.2) is 39.3 Å². The predicted octanol–water partition coefficient (Wildman–Crippen LogP) is 3.88. The van der Waals surface area contributed by atoms with Crippen LogP contribution in [0.25, 0.3) is 11.3 Å². The molecule has 0 radical (unpaired) electrons. The SMILES string of the molecule is Cc1ccc(-c2nonc2CNC(=O)c2cc(C(C)C)nc(N3CCCCC3)n2)cc1. The monoisotopic (exact) mass is 420 g/mol. The predicted molar refractivity (Wildman–Crippen MR) is 118 cm³/mol. The van der Waals surface area contributed by atoms with Crippen molar-refractivity contribution in [1.82, 2.24) is 25.6 Å². The van der Waals surface area contributed by atoms with Crippen LogP contribution in [0, 0.1) is 6.92 Å². The number of hydrogen-bond donors (Lipinski definition) is 1. The quantitative estimate of drug-likeness (QED) is 0.646. The molecular formula is C23H28N6O2. The van der Waals surface area contributed by atoms with Crippen LogP contribution in [0.3, 0.4) is 0 Å². The average molecular weight is 421 g/mol. The molecule has 1 amide bonds. The molecule has 2 aromatic heterocycles. The number of aryl methyl sites for hydroxylation is 1. The molecule has 0 bridgehead atoms. The van der Waals surface area contributed by atoms with E-state index in [1.54, 1.807) is 6.07 Å². The second kappa shape index (κ2) is 9.24. The highest BCUT2D eigenvalue weighted by molar-refractivity contribution is 5.92. The van der Waals surface area contributed by atoms with E-state index in [-0.39, 0.29) is 18.4 Å². The highest BCUT2D eigenvalue weighted by Crippen LogP contribution is 2.22. The Bertz CT molecular complexity index is 1040. The van der Waals surface area contributed by atoms with Crippen molar-refractivity contribution in [3.05, 3.63) is 53.0 Å². The van der Waals surface area contributed by atoms with Gasteiger partial charge >= 0.3 is 0 Å². The van der Waals surface area contributed by atoms with Gasteiger partial charge in [0.15, 0.2) is 0 Å². The Labute approximate surface area is 182 Å². The minimum atomic E-state index is -0.264. The summed E-state index contributed by atoms with van der Waals surface area (Å²) in [5, 5.41) is 10.9. The number of carbonyl (C=O) groups excluding carboxylic acids is 1. The molecule has 0 spiro atoms. The first-order valence-corrected chi connectivity index (χ1v) is 10.8. The summed E-state index contributed by atoms with van der Waals surface area (Å²) in [6.45, 7) is 8.21. The van der Waals surface area contributed by atoms with E-state index < -0.39 is 0 Å². The summed E-state index contributed by atoms with van der Waals surface area (Å²) < 4.78 is 4.93. The number of benzene rings is 1. The number of aromatic nitrogens is 4. The minimum absolute atomic E-state index is 0.200. The molecule has 3 heterocycles. The van der Waals surface area contributed by atoms with Crippen molar-refractivity contribution in [3.63, 3.8) is 0 Å². The number of nitrogens with one attached hydrogen (secondary N) is 1. The van der Waals surface area contributed by atoms with Gasteiger partial charge in [0.05, 0.1) is 6.54 Å². The minimum Gasteiger partial charge on any atom is -0.345 e. The number of amides is 1. The summed E-state index contributed by atoms with van der Waals surface area (Å²) in [4.78, 5) is 24.4. The zero-order valence-electron chi connectivity index (χ0n) is 18.3. The van der Waals surface area contributed by atoms with Crippen LogP contribution in [-0.2, 0) is 6.54 Å². The van der Waals surface area contributed by atoms with Gasteiger partial charge in [-0.1, -0.05) is 48.8 Å². The molecular weight excluding hydrogens is 392 g/mol. The molecule has 8 nitrogen and oxygen atoms in total. The third-order valence-corrected chi connectivity index (χ3v) is 5.50. The molecule has 8 heteroatoms. The topological polar surface area (TPSA) is 97.0 Å². The summed E-state index contributed by atoms with van der Waals surface area (Å²) in [5.74, 6) is 0.575. The van der Waals surface area contributed by atoms with Crippen molar-refractivity contribution in [2.24, 2.45) is 0 Å². The fourth-order valence-corrected chi connectivity index (χ4v) is 3.61. The number of hydrogen-bond acceptors (Lipinski definition) is 7. The van der Waals surface area contributed by atoms with Gasteiger partial charge in [-0.25, -0.2) is 14.6 Å². The van der Waals surface area contributed by atoms with E-state index in [4.69, 9.17) is 9.61 Å². The average Bonchev–Trinajstić information content (AvgIpc) is 3.27. The number of anilines is 1. The second-order valence-corrected chi connectivity index (χ2v) is 8.29. The van der Waals surface area contributed by atoms with Gasteiger partial charge in [0.2, 0.25) is 5.95 Å². The number of nitrogens with zero attached hydrogens (tertiary/aromatic N) is 5. The van der Waals surface area contributed by atoms with Gasteiger partial charge in [-0.3, -0.25) is 4.79 Å². The molecule has 0 aliphatic carbocycles. The first-order chi connectivity index (χ1) is 15.0. The van der Waals surface area contributed by atoms with Gasteiger partial charge in [0.25, 0.3) is 5.91 Å². The molecule has 1 fully saturated rings. The zero-order chi connectivity index (χ0) is 21.8. The van der Waals surface area contributed by atoms with E-state index in [1.165, 1.54) is 6.42 Å². The van der Waals surface area contributed by atoms with Crippen LogP contribution in [0.15, 0.2) is 35.0 Å². The van der Waals surface area contributed by atoms with Gasteiger partial charge in [-0.15, -0.1) is 0 Å². The molecule has 1 aliphatic heterocycles. The van der Waals surface area contributed by atoms with Crippen molar-refractivity contribution >= 4 is 11.9 Å².